The summed E-state index contributed by atoms with van der Waals surface area (Å²) in [5.74, 6) is -0.343. The summed E-state index contributed by atoms with van der Waals surface area (Å²) in [7, 11) is 0. The maximum atomic E-state index is 12.9. The monoisotopic (exact) mass is 407 g/mol. The molecule has 1 N–H and O–H groups in total. The van der Waals surface area contributed by atoms with Crippen molar-refractivity contribution in [2.24, 2.45) is 0 Å². The van der Waals surface area contributed by atoms with Gasteiger partial charge >= 0.3 is 0 Å². The van der Waals surface area contributed by atoms with E-state index in [-0.39, 0.29) is 23.9 Å². The SMILES string of the molecule is CCSc1nnc(NC(=O)c2cc(=O)c(OCc3ccc(F)cc3)co2)s1. The number of benzene rings is 1. The molecule has 0 saturated carbocycles. The summed E-state index contributed by atoms with van der Waals surface area (Å²) in [4.78, 5) is 24.3. The number of carbonyl (C=O) groups is 1. The average molecular weight is 407 g/mol. The van der Waals surface area contributed by atoms with Crippen molar-refractivity contribution >= 4 is 34.1 Å². The minimum atomic E-state index is -0.610. The molecule has 0 bridgehead atoms. The summed E-state index contributed by atoms with van der Waals surface area (Å²) < 4.78 is 24.2. The van der Waals surface area contributed by atoms with Crippen LogP contribution in [0.2, 0.25) is 0 Å². The molecule has 0 fully saturated rings. The normalized spacial score (nSPS) is 10.6. The van der Waals surface area contributed by atoms with Gasteiger partial charge in [0, 0.05) is 6.07 Å². The Hall–Kier alpha value is -2.72. The van der Waals surface area contributed by atoms with E-state index in [1.54, 1.807) is 12.1 Å². The minimum Gasteiger partial charge on any atom is -0.482 e. The Morgan fingerprint density at radius 1 is 1.33 bits per heavy atom. The van der Waals surface area contributed by atoms with Crippen molar-refractivity contribution in [3.63, 3.8) is 0 Å². The van der Waals surface area contributed by atoms with E-state index in [0.717, 1.165) is 22.4 Å². The topological polar surface area (TPSA) is 94.3 Å². The Morgan fingerprint density at radius 3 is 2.81 bits per heavy atom. The molecule has 2 heterocycles. The molecule has 0 saturated heterocycles. The van der Waals surface area contributed by atoms with E-state index >= 15 is 0 Å². The van der Waals surface area contributed by atoms with Crippen LogP contribution in [0.4, 0.5) is 9.52 Å². The van der Waals surface area contributed by atoms with E-state index < -0.39 is 11.3 Å². The van der Waals surface area contributed by atoms with Crippen molar-refractivity contribution in [3.05, 3.63) is 64.0 Å². The lowest BCUT2D eigenvalue weighted by molar-refractivity contribution is 0.0993. The van der Waals surface area contributed by atoms with Crippen molar-refractivity contribution in [1.82, 2.24) is 10.2 Å². The highest BCUT2D eigenvalue weighted by Gasteiger charge is 2.15. The zero-order valence-corrected chi connectivity index (χ0v) is 15.7. The third-order valence-electron chi connectivity index (χ3n) is 3.22. The first-order valence-electron chi connectivity index (χ1n) is 7.83. The molecule has 0 aliphatic heterocycles. The Labute approximate surface area is 161 Å². The molecule has 0 unspecified atom stereocenters. The number of amides is 1. The Bertz CT molecular complexity index is 988. The van der Waals surface area contributed by atoms with Gasteiger partial charge in [-0.15, -0.1) is 10.2 Å². The summed E-state index contributed by atoms with van der Waals surface area (Å²) in [5, 5.41) is 10.6. The Kier molecular flexibility index (Phi) is 6.20. The van der Waals surface area contributed by atoms with Crippen LogP contribution in [0, 0.1) is 5.82 Å². The van der Waals surface area contributed by atoms with Crippen molar-refractivity contribution < 1.29 is 18.3 Å². The molecule has 10 heteroatoms. The summed E-state index contributed by atoms with van der Waals surface area (Å²) in [6.45, 7) is 2.05. The van der Waals surface area contributed by atoms with Gasteiger partial charge < -0.3 is 9.15 Å². The summed E-state index contributed by atoms with van der Waals surface area (Å²) in [6.07, 6.45) is 1.07. The van der Waals surface area contributed by atoms with E-state index in [0.29, 0.717) is 10.7 Å². The van der Waals surface area contributed by atoms with Gasteiger partial charge in [-0.1, -0.05) is 42.2 Å². The molecular formula is C17H14FN3O4S2. The lowest BCUT2D eigenvalue weighted by Crippen LogP contribution is -2.15. The molecule has 2 aromatic heterocycles. The van der Waals surface area contributed by atoms with Crippen LogP contribution < -0.4 is 15.5 Å². The van der Waals surface area contributed by atoms with Crippen molar-refractivity contribution in [2.45, 2.75) is 17.9 Å². The first-order chi connectivity index (χ1) is 13.0. The van der Waals surface area contributed by atoms with Crippen LogP contribution in [0.1, 0.15) is 23.0 Å². The number of anilines is 1. The van der Waals surface area contributed by atoms with Gasteiger partial charge in [0.25, 0.3) is 5.91 Å². The second kappa shape index (κ2) is 8.78. The zero-order chi connectivity index (χ0) is 19.2. The van der Waals surface area contributed by atoms with Crippen LogP contribution in [0.15, 0.2) is 50.1 Å². The molecule has 3 rings (SSSR count). The number of hydrogen-bond acceptors (Lipinski definition) is 8. The molecule has 140 valence electrons. The van der Waals surface area contributed by atoms with Crippen LogP contribution in [0.25, 0.3) is 0 Å². The number of hydrogen-bond donors (Lipinski definition) is 1. The lowest BCUT2D eigenvalue weighted by atomic mass is 10.2. The number of thioether (sulfide) groups is 1. The molecule has 0 aliphatic carbocycles. The zero-order valence-electron chi connectivity index (χ0n) is 14.1. The lowest BCUT2D eigenvalue weighted by Gasteiger charge is -2.06. The first kappa shape index (κ1) is 19.1. The van der Waals surface area contributed by atoms with Gasteiger partial charge in [-0.3, -0.25) is 14.9 Å². The second-order valence-electron chi connectivity index (χ2n) is 5.15. The quantitative estimate of drug-likeness (QED) is 0.473. The molecule has 27 heavy (non-hydrogen) atoms. The molecule has 1 amide bonds. The number of ether oxygens (including phenoxy) is 1. The van der Waals surface area contributed by atoms with Crippen LogP contribution in [0.3, 0.4) is 0 Å². The van der Waals surface area contributed by atoms with Crippen molar-refractivity contribution in [2.75, 3.05) is 11.1 Å². The summed E-state index contributed by atoms with van der Waals surface area (Å²) in [5.41, 5.74) is 0.183. The standard InChI is InChI=1S/C17H14FN3O4S2/c1-2-26-17-21-20-16(27-17)19-15(23)13-7-12(22)14(9-25-13)24-8-10-3-5-11(18)6-4-10/h3-7,9H,2,8H2,1H3,(H,19,20,23). The fraction of sp³-hybridized carbons (Fsp3) is 0.176. The molecule has 3 aromatic rings. The first-order valence-corrected chi connectivity index (χ1v) is 9.63. The molecule has 0 aliphatic rings. The number of nitrogens with zero attached hydrogens (tertiary/aromatic N) is 2. The molecular weight excluding hydrogens is 393 g/mol. The predicted molar refractivity (Wildman–Crippen MR) is 100.0 cm³/mol. The van der Waals surface area contributed by atoms with Gasteiger partial charge in [0.1, 0.15) is 18.7 Å². The van der Waals surface area contributed by atoms with Gasteiger partial charge in [-0.05, 0) is 23.4 Å². The van der Waals surface area contributed by atoms with E-state index in [1.807, 2.05) is 6.92 Å². The third-order valence-corrected chi connectivity index (χ3v) is 5.08. The van der Waals surface area contributed by atoms with Crippen molar-refractivity contribution in [3.8, 4) is 5.75 Å². The Balaban J connectivity index is 1.63. The smallest absolute Gasteiger partial charge is 0.293 e. The maximum absolute atomic E-state index is 12.9. The van der Waals surface area contributed by atoms with Gasteiger partial charge in [0.05, 0.1) is 0 Å². The molecule has 0 spiro atoms. The van der Waals surface area contributed by atoms with Crippen molar-refractivity contribution in [1.29, 1.82) is 0 Å². The number of rotatable bonds is 7. The highest BCUT2D eigenvalue weighted by atomic mass is 32.2. The van der Waals surface area contributed by atoms with E-state index in [1.165, 1.54) is 35.2 Å². The maximum Gasteiger partial charge on any atom is 0.293 e. The van der Waals surface area contributed by atoms with E-state index in [2.05, 4.69) is 15.5 Å². The molecule has 1 aromatic carbocycles. The van der Waals surface area contributed by atoms with Gasteiger partial charge in [0.15, 0.2) is 10.1 Å². The summed E-state index contributed by atoms with van der Waals surface area (Å²) in [6, 6.07) is 6.73. The van der Waals surface area contributed by atoms with Gasteiger partial charge in [-0.25, -0.2) is 4.39 Å². The predicted octanol–water partition coefficient (Wildman–Crippen LogP) is 3.57. The van der Waals surface area contributed by atoms with Crippen LogP contribution >= 0.6 is 23.1 Å². The molecule has 0 atom stereocenters. The van der Waals surface area contributed by atoms with Gasteiger partial charge in [0.2, 0.25) is 16.3 Å². The van der Waals surface area contributed by atoms with Crippen LogP contribution in [-0.4, -0.2) is 21.9 Å². The summed E-state index contributed by atoms with van der Waals surface area (Å²) >= 11 is 2.74. The van der Waals surface area contributed by atoms with Crippen LogP contribution in [0.5, 0.6) is 5.75 Å². The number of nitrogens with one attached hydrogen (secondary N) is 1. The molecule has 0 radical (unpaired) electrons. The number of carbonyl (C=O) groups excluding carboxylic acids is 1. The minimum absolute atomic E-state index is 0.0478. The Morgan fingerprint density at radius 2 is 2.11 bits per heavy atom. The second-order valence-corrected chi connectivity index (χ2v) is 7.64. The molecule has 7 nitrogen and oxygen atoms in total. The van der Waals surface area contributed by atoms with Gasteiger partial charge in [-0.2, -0.15) is 0 Å². The van der Waals surface area contributed by atoms with E-state index in [4.69, 9.17) is 9.15 Å². The number of halogens is 1. The largest absolute Gasteiger partial charge is 0.482 e. The third kappa shape index (κ3) is 5.14. The fourth-order valence-electron chi connectivity index (χ4n) is 1.97. The van der Waals surface area contributed by atoms with Crippen LogP contribution in [-0.2, 0) is 6.61 Å². The van der Waals surface area contributed by atoms with E-state index in [9.17, 15) is 14.0 Å². The number of aromatic nitrogens is 2. The fourth-order valence-corrected chi connectivity index (χ4v) is 3.61. The highest BCUT2D eigenvalue weighted by Crippen LogP contribution is 2.25. The highest BCUT2D eigenvalue weighted by molar-refractivity contribution is 8.01. The average Bonchev–Trinajstić information content (AvgIpc) is 3.09.